The summed E-state index contributed by atoms with van der Waals surface area (Å²) in [5, 5.41) is 8.37. The van der Waals surface area contributed by atoms with Gasteiger partial charge in [0.2, 0.25) is 3.79 Å². The summed E-state index contributed by atoms with van der Waals surface area (Å²) in [7, 11) is 0. The maximum absolute atomic E-state index is 12.1. The lowest BCUT2D eigenvalue weighted by Crippen LogP contribution is -2.56. The van der Waals surface area contributed by atoms with Crippen molar-refractivity contribution in [3.05, 3.63) is 52.9 Å². The predicted octanol–water partition coefficient (Wildman–Crippen LogP) is 4.45. The van der Waals surface area contributed by atoms with Crippen LogP contribution >= 0.6 is 63.0 Å². The molecular weight excluding hydrogens is 461 g/mol. The van der Waals surface area contributed by atoms with Gasteiger partial charge < -0.3 is 20.4 Å². The second-order valence-corrected chi connectivity index (χ2v) is 8.23. The van der Waals surface area contributed by atoms with Gasteiger partial charge in [0.05, 0.1) is 6.26 Å². The van der Waals surface area contributed by atoms with Gasteiger partial charge in [0.1, 0.15) is 6.17 Å². The van der Waals surface area contributed by atoms with Crippen molar-refractivity contribution in [2.75, 3.05) is 5.32 Å². The minimum Gasteiger partial charge on any atom is -0.459 e. The average Bonchev–Trinajstić information content (AvgIpc) is 2.99. The third-order valence-corrected chi connectivity index (χ3v) is 4.07. The molecule has 0 radical (unpaired) electrons. The molecule has 0 aliphatic carbocycles. The quantitative estimate of drug-likeness (QED) is 0.349. The number of hydrogen-bond donors (Lipinski definition) is 3. The number of halogens is 4. The van der Waals surface area contributed by atoms with E-state index in [1.54, 1.807) is 6.07 Å². The Labute approximate surface area is 167 Å². The molecule has 0 saturated heterocycles. The fraction of sp³-hybridized carbons (Fsp3) is 0.143. The Bertz CT molecular complexity index is 722. The van der Waals surface area contributed by atoms with E-state index in [-0.39, 0.29) is 10.9 Å². The number of anilines is 1. The molecule has 5 nitrogen and oxygen atoms in total. The van der Waals surface area contributed by atoms with Gasteiger partial charge in [-0.15, -0.1) is 0 Å². The summed E-state index contributed by atoms with van der Waals surface area (Å²) in [6.07, 6.45) is 0.291. The summed E-state index contributed by atoms with van der Waals surface area (Å²) in [4.78, 5) is 12.1. The van der Waals surface area contributed by atoms with Crippen molar-refractivity contribution in [3.8, 4) is 0 Å². The lowest BCUT2D eigenvalue weighted by atomic mass is 10.3. The molecule has 1 heterocycles. The molecule has 0 aliphatic heterocycles. The van der Waals surface area contributed by atoms with Gasteiger partial charge in [-0.25, -0.2) is 0 Å². The van der Waals surface area contributed by atoms with Crippen LogP contribution in [0, 0.1) is 0 Å². The van der Waals surface area contributed by atoms with E-state index in [0.29, 0.717) is 0 Å². The first-order valence-electron chi connectivity index (χ1n) is 6.50. The van der Waals surface area contributed by atoms with Crippen LogP contribution in [0.2, 0.25) is 0 Å². The number of furan rings is 1. The molecule has 3 N–H and O–H groups in total. The zero-order valence-electron chi connectivity index (χ0n) is 11.9. The van der Waals surface area contributed by atoms with Crippen LogP contribution < -0.4 is 16.0 Å². The Balaban J connectivity index is 2.03. The average molecular weight is 472 g/mol. The van der Waals surface area contributed by atoms with E-state index in [9.17, 15) is 4.79 Å². The van der Waals surface area contributed by atoms with Gasteiger partial charge >= 0.3 is 0 Å². The van der Waals surface area contributed by atoms with Gasteiger partial charge in [0.25, 0.3) is 5.91 Å². The van der Waals surface area contributed by atoms with Gasteiger partial charge in [0.15, 0.2) is 10.9 Å². The predicted molar refractivity (Wildman–Crippen MR) is 104 cm³/mol. The second-order valence-electron chi connectivity index (χ2n) is 4.53. The number of thiocarbonyl (C=S) groups is 1. The van der Waals surface area contributed by atoms with Gasteiger partial charge in [-0.3, -0.25) is 4.79 Å². The van der Waals surface area contributed by atoms with Gasteiger partial charge in [-0.2, -0.15) is 0 Å². The monoisotopic (exact) mass is 469 g/mol. The van der Waals surface area contributed by atoms with Crippen molar-refractivity contribution >= 4 is 79.7 Å². The molecule has 0 aliphatic rings. The number of hydrogen-bond acceptors (Lipinski definition) is 3. The summed E-state index contributed by atoms with van der Waals surface area (Å²) in [5.41, 5.74) is 0.724. The molecule has 2 aromatic rings. The smallest absolute Gasteiger partial charge is 0.288 e. The number of alkyl halides is 3. The van der Waals surface area contributed by atoms with Crippen LogP contribution in [0.5, 0.6) is 0 Å². The number of rotatable bonds is 4. The highest BCUT2D eigenvalue weighted by molar-refractivity contribution is 9.10. The SMILES string of the molecule is O=C(NC(NC(=S)Nc1cccc(Br)c1)C(Cl)(Cl)Cl)c1ccco1. The highest BCUT2D eigenvalue weighted by atomic mass is 79.9. The van der Waals surface area contributed by atoms with E-state index in [4.69, 9.17) is 51.4 Å². The number of carbonyl (C=O) groups excluding carboxylic acids is 1. The Kier molecular flexibility index (Phi) is 6.77. The minimum atomic E-state index is -1.84. The molecule has 1 atom stereocenters. The van der Waals surface area contributed by atoms with Crippen molar-refractivity contribution in [3.63, 3.8) is 0 Å². The van der Waals surface area contributed by atoms with Gasteiger partial charge in [-0.1, -0.05) is 56.8 Å². The lowest BCUT2D eigenvalue weighted by molar-refractivity contribution is 0.0906. The summed E-state index contributed by atoms with van der Waals surface area (Å²) in [6.45, 7) is 0. The van der Waals surface area contributed by atoms with Crippen LogP contribution in [0.4, 0.5) is 5.69 Å². The van der Waals surface area contributed by atoms with E-state index in [2.05, 4.69) is 31.9 Å². The van der Waals surface area contributed by atoms with Crippen molar-refractivity contribution in [1.29, 1.82) is 0 Å². The van der Waals surface area contributed by atoms with E-state index in [0.717, 1.165) is 10.2 Å². The van der Waals surface area contributed by atoms with E-state index < -0.39 is 15.9 Å². The Morgan fingerprint density at radius 3 is 2.54 bits per heavy atom. The highest BCUT2D eigenvalue weighted by Gasteiger charge is 2.35. The molecule has 128 valence electrons. The summed E-state index contributed by atoms with van der Waals surface area (Å²) < 4.78 is 4.03. The van der Waals surface area contributed by atoms with Crippen molar-refractivity contribution in [2.45, 2.75) is 9.96 Å². The zero-order chi connectivity index (χ0) is 17.7. The number of amides is 1. The molecule has 0 spiro atoms. The maximum atomic E-state index is 12.1. The number of carbonyl (C=O) groups is 1. The molecule has 1 amide bonds. The standard InChI is InChI=1S/C14H11BrCl3N3O2S/c15-8-3-1-4-9(7-8)19-13(24)21-12(14(16,17)18)20-11(22)10-5-2-6-23-10/h1-7,12H,(H,20,22)(H2,19,21,24). The normalized spacial score (nSPS) is 12.3. The molecule has 24 heavy (non-hydrogen) atoms. The summed E-state index contributed by atoms with van der Waals surface area (Å²) in [6, 6.07) is 10.4. The molecule has 1 aromatic heterocycles. The van der Waals surface area contributed by atoms with Crippen molar-refractivity contribution < 1.29 is 9.21 Å². The Morgan fingerprint density at radius 1 is 1.21 bits per heavy atom. The summed E-state index contributed by atoms with van der Waals surface area (Å²) in [5.74, 6) is -0.462. The first-order valence-corrected chi connectivity index (χ1v) is 8.83. The van der Waals surface area contributed by atoms with Gasteiger partial charge in [-0.05, 0) is 42.5 Å². The van der Waals surface area contributed by atoms with Crippen LogP contribution in [0.15, 0.2) is 51.6 Å². The van der Waals surface area contributed by atoms with Crippen molar-refractivity contribution in [2.24, 2.45) is 0 Å². The second kappa shape index (κ2) is 8.40. The molecule has 0 fully saturated rings. The van der Waals surface area contributed by atoms with Crippen LogP contribution in [0.1, 0.15) is 10.6 Å². The fourth-order valence-corrected chi connectivity index (χ4v) is 2.64. The molecule has 1 aromatic carbocycles. The molecule has 0 saturated carbocycles. The first kappa shape index (κ1) is 19.3. The van der Waals surface area contributed by atoms with E-state index in [1.807, 2.05) is 24.3 Å². The van der Waals surface area contributed by atoms with Crippen LogP contribution in [0.3, 0.4) is 0 Å². The third-order valence-electron chi connectivity index (χ3n) is 2.71. The highest BCUT2D eigenvalue weighted by Crippen LogP contribution is 2.29. The van der Waals surface area contributed by atoms with Crippen molar-refractivity contribution in [1.82, 2.24) is 10.6 Å². The first-order chi connectivity index (χ1) is 11.3. The number of benzene rings is 1. The van der Waals surface area contributed by atoms with Crippen LogP contribution in [-0.4, -0.2) is 21.0 Å². The third kappa shape index (κ3) is 5.82. The van der Waals surface area contributed by atoms with Crippen LogP contribution in [-0.2, 0) is 0 Å². The Morgan fingerprint density at radius 2 is 1.96 bits per heavy atom. The molecule has 0 bridgehead atoms. The molecule has 1 unspecified atom stereocenters. The van der Waals surface area contributed by atoms with Crippen LogP contribution in [0.25, 0.3) is 0 Å². The van der Waals surface area contributed by atoms with E-state index in [1.165, 1.54) is 12.3 Å². The zero-order valence-corrected chi connectivity index (χ0v) is 16.5. The topological polar surface area (TPSA) is 66.3 Å². The molecular formula is C14H11BrCl3N3O2S. The minimum absolute atomic E-state index is 0.0851. The molecule has 2 rings (SSSR count). The Hall–Kier alpha value is -0.990. The van der Waals surface area contributed by atoms with E-state index >= 15 is 0 Å². The van der Waals surface area contributed by atoms with Gasteiger partial charge in [0, 0.05) is 10.2 Å². The fourth-order valence-electron chi connectivity index (χ4n) is 1.67. The largest absolute Gasteiger partial charge is 0.459 e. The number of nitrogens with one attached hydrogen (secondary N) is 3. The molecule has 10 heteroatoms. The lowest BCUT2D eigenvalue weighted by Gasteiger charge is -2.27. The maximum Gasteiger partial charge on any atom is 0.288 e. The summed E-state index contributed by atoms with van der Waals surface area (Å²) >= 11 is 26.3.